The quantitative estimate of drug-likeness (QED) is 0.492. The van der Waals surface area contributed by atoms with Gasteiger partial charge in [-0.15, -0.1) is 0 Å². The SMILES string of the molecule is Cc1ccc(COc2ccc(Cl)cc2/C=C2\SC(=Nc3ccccc3)NC2=O)cc1. The molecule has 1 amide bonds. The molecule has 0 bridgehead atoms. The zero-order valence-electron chi connectivity index (χ0n) is 16.3. The number of amides is 1. The van der Waals surface area contributed by atoms with Gasteiger partial charge in [0.15, 0.2) is 5.17 Å². The number of nitrogens with one attached hydrogen (secondary N) is 1. The lowest BCUT2D eigenvalue weighted by atomic mass is 10.1. The number of halogens is 1. The van der Waals surface area contributed by atoms with Crippen molar-refractivity contribution in [2.24, 2.45) is 4.99 Å². The number of aryl methyl sites for hydroxylation is 1. The van der Waals surface area contributed by atoms with Crippen LogP contribution in [0.15, 0.2) is 82.7 Å². The zero-order valence-corrected chi connectivity index (χ0v) is 17.8. The van der Waals surface area contributed by atoms with Crippen molar-refractivity contribution in [3.8, 4) is 5.75 Å². The third kappa shape index (κ3) is 5.12. The van der Waals surface area contributed by atoms with Crippen LogP contribution < -0.4 is 10.1 Å². The molecule has 0 saturated carbocycles. The molecule has 1 aliphatic heterocycles. The molecule has 0 aliphatic carbocycles. The summed E-state index contributed by atoms with van der Waals surface area (Å²) in [6, 6.07) is 23.1. The molecule has 3 aromatic carbocycles. The monoisotopic (exact) mass is 434 g/mol. The molecule has 0 radical (unpaired) electrons. The van der Waals surface area contributed by atoms with Gasteiger partial charge in [-0.1, -0.05) is 59.6 Å². The predicted molar refractivity (Wildman–Crippen MR) is 124 cm³/mol. The van der Waals surface area contributed by atoms with Gasteiger partial charge in [0.05, 0.1) is 10.6 Å². The second-order valence-corrected chi connectivity index (χ2v) is 8.24. The van der Waals surface area contributed by atoms with Crippen LogP contribution >= 0.6 is 23.4 Å². The summed E-state index contributed by atoms with van der Waals surface area (Å²) in [6.07, 6.45) is 1.78. The number of ether oxygens (including phenoxy) is 1. The van der Waals surface area contributed by atoms with Gasteiger partial charge in [0.1, 0.15) is 12.4 Å². The van der Waals surface area contributed by atoms with Gasteiger partial charge >= 0.3 is 0 Å². The first kappa shape index (κ1) is 20.3. The highest BCUT2D eigenvalue weighted by molar-refractivity contribution is 8.18. The van der Waals surface area contributed by atoms with Crippen molar-refractivity contribution < 1.29 is 9.53 Å². The Kier molecular flexibility index (Phi) is 6.21. The minimum Gasteiger partial charge on any atom is -0.488 e. The zero-order chi connectivity index (χ0) is 20.9. The Balaban J connectivity index is 1.55. The van der Waals surface area contributed by atoms with E-state index in [4.69, 9.17) is 16.3 Å². The Labute approximate surface area is 184 Å². The average Bonchev–Trinajstić information content (AvgIpc) is 3.08. The number of nitrogens with zero attached hydrogens (tertiary/aromatic N) is 1. The summed E-state index contributed by atoms with van der Waals surface area (Å²) in [5.41, 5.74) is 3.80. The maximum Gasteiger partial charge on any atom is 0.264 e. The van der Waals surface area contributed by atoms with E-state index in [0.29, 0.717) is 27.5 Å². The predicted octanol–water partition coefficient (Wildman–Crippen LogP) is 6.12. The van der Waals surface area contributed by atoms with Gasteiger partial charge < -0.3 is 10.1 Å². The van der Waals surface area contributed by atoms with Crippen LogP contribution in [-0.2, 0) is 11.4 Å². The lowest BCUT2D eigenvalue weighted by Crippen LogP contribution is -2.19. The number of carbonyl (C=O) groups is 1. The molecule has 1 fully saturated rings. The number of hydrogen-bond donors (Lipinski definition) is 1. The lowest BCUT2D eigenvalue weighted by molar-refractivity contribution is -0.115. The highest BCUT2D eigenvalue weighted by Gasteiger charge is 2.24. The fourth-order valence-corrected chi connectivity index (χ4v) is 3.86. The summed E-state index contributed by atoms with van der Waals surface area (Å²) < 4.78 is 6.01. The second kappa shape index (κ2) is 9.20. The first-order chi connectivity index (χ1) is 14.6. The van der Waals surface area contributed by atoms with Crippen molar-refractivity contribution in [3.63, 3.8) is 0 Å². The molecule has 4 nitrogen and oxygen atoms in total. The van der Waals surface area contributed by atoms with Crippen LogP contribution in [0.1, 0.15) is 16.7 Å². The lowest BCUT2D eigenvalue weighted by Gasteiger charge is -2.10. The second-order valence-electron chi connectivity index (χ2n) is 6.77. The van der Waals surface area contributed by atoms with Gasteiger partial charge in [-0.3, -0.25) is 4.79 Å². The number of carbonyl (C=O) groups excluding carboxylic acids is 1. The van der Waals surface area contributed by atoms with Gasteiger partial charge in [-0.05, 0) is 60.7 Å². The van der Waals surface area contributed by atoms with Crippen molar-refractivity contribution >= 4 is 46.2 Å². The maximum atomic E-state index is 12.4. The van der Waals surface area contributed by atoms with Crippen LogP contribution in [0.3, 0.4) is 0 Å². The van der Waals surface area contributed by atoms with Crippen molar-refractivity contribution in [2.75, 3.05) is 0 Å². The van der Waals surface area contributed by atoms with Crippen LogP contribution in [0, 0.1) is 6.92 Å². The number of para-hydroxylation sites is 1. The highest BCUT2D eigenvalue weighted by atomic mass is 35.5. The van der Waals surface area contributed by atoms with E-state index in [9.17, 15) is 4.79 Å². The molecular formula is C24H19ClN2O2S. The number of rotatable bonds is 5. The molecule has 0 spiro atoms. The Morgan fingerprint density at radius 3 is 2.60 bits per heavy atom. The van der Waals surface area contributed by atoms with Crippen LogP contribution in [0.2, 0.25) is 5.02 Å². The maximum absolute atomic E-state index is 12.4. The van der Waals surface area contributed by atoms with Crippen LogP contribution in [-0.4, -0.2) is 11.1 Å². The summed E-state index contributed by atoms with van der Waals surface area (Å²) >= 11 is 7.48. The Hall–Kier alpha value is -3.02. The van der Waals surface area contributed by atoms with Gasteiger partial charge in [0.2, 0.25) is 0 Å². The minimum atomic E-state index is -0.195. The van der Waals surface area contributed by atoms with E-state index >= 15 is 0 Å². The van der Waals surface area contributed by atoms with Crippen molar-refractivity contribution in [2.45, 2.75) is 13.5 Å². The normalized spacial score (nSPS) is 16.1. The number of amidine groups is 1. The van der Waals surface area contributed by atoms with Gasteiger partial charge in [-0.25, -0.2) is 4.99 Å². The summed E-state index contributed by atoms with van der Waals surface area (Å²) in [4.78, 5) is 17.4. The van der Waals surface area contributed by atoms with Crippen molar-refractivity contribution in [1.82, 2.24) is 5.32 Å². The van der Waals surface area contributed by atoms with E-state index in [1.807, 2.05) is 55.5 Å². The van der Waals surface area contributed by atoms with E-state index in [1.54, 1.807) is 18.2 Å². The molecule has 0 aromatic heterocycles. The summed E-state index contributed by atoms with van der Waals surface area (Å²) in [6.45, 7) is 2.48. The van der Waals surface area contributed by atoms with Crippen LogP contribution in [0.5, 0.6) is 5.75 Å². The van der Waals surface area contributed by atoms with E-state index in [0.717, 1.165) is 16.8 Å². The minimum absolute atomic E-state index is 0.195. The van der Waals surface area contributed by atoms with E-state index < -0.39 is 0 Å². The number of hydrogen-bond acceptors (Lipinski definition) is 4. The molecule has 1 aliphatic rings. The summed E-state index contributed by atoms with van der Waals surface area (Å²) in [7, 11) is 0. The Morgan fingerprint density at radius 2 is 1.83 bits per heavy atom. The van der Waals surface area contributed by atoms with Crippen LogP contribution in [0.4, 0.5) is 5.69 Å². The average molecular weight is 435 g/mol. The van der Waals surface area contributed by atoms with Crippen LogP contribution in [0.25, 0.3) is 6.08 Å². The fraction of sp³-hybridized carbons (Fsp3) is 0.0833. The van der Waals surface area contributed by atoms with Gasteiger partial charge in [0, 0.05) is 10.6 Å². The first-order valence-corrected chi connectivity index (χ1v) is 10.6. The number of benzene rings is 3. The smallest absolute Gasteiger partial charge is 0.264 e. The third-order valence-corrected chi connectivity index (χ3v) is 5.56. The fourth-order valence-electron chi connectivity index (χ4n) is 2.85. The van der Waals surface area contributed by atoms with Gasteiger partial charge in [-0.2, -0.15) is 0 Å². The first-order valence-electron chi connectivity index (χ1n) is 9.39. The third-order valence-electron chi connectivity index (χ3n) is 4.41. The molecule has 30 heavy (non-hydrogen) atoms. The van der Waals surface area contributed by atoms with E-state index in [-0.39, 0.29) is 5.91 Å². The molecule has 1 N–H and O–H groups in total. The summed E-state index contributed by atoms with van der Waals surface area (Å²) in [5.74, 6) is 0.466. The molecular weight excluding hydrogens is 416 g/mol. The molecule has 0 atom stereocenters. The summed E-state index contributed by atoms with van der Waals surface area (Å²) in [5, 5.41) is 3.92. The number of aliphatic imine (C=N–C) groups is 1. The van der Waals surface area contributed by atoms with E-state index in [1.165, 1.54) is 17.3 Å². The van der Waals surface area contributed by atoms with Gasteiger partial charge in [0.25, 0.3) is 5.91 Å². The molecule has 3 aromatic rings. The van der Waals surface area contributed by atoms with E-state index in [2.05, 4.69) is 22.4 Å². The molecule has 6 heteroatoms. The van der Waals surface area contributed by atoms with Crippen molar-refractivity contribution in [1.29, 1.82) is 0 Å². The topological polar surface area (TPSA) is 50.7 Å². The Morgan fingerprint density at radius 1 is 1.07 bits per heavy atom. The Bertz CT molecular complexity index is 1130. The molecule has 4 rings (SSSR count). The van der Waals surface area contributed by atoms with Crippen molar-refractivity contribution in [3.05, 3.63) is 99.4 Å². The number of thioether (sulfide) groups is 1. The standard InChI is InChI=1S/C24H19ClN2O2S/c1-16-7-9-17(10-8-16)15-29-21-12-11-19(25)13-18(21)14-22-23(28)27-24(30-22)26-20-5-3-2-4-6-20/h2-14H,15H2,1H3,(H,26,27,28)/b22-14-. The highest BCUT2D eigenvalue weighted by Crippen LogP contribution is 2.32. The largest absolute Gasteiger partial charge is 0.488 e. The molecule has 150 valence electrons. The molecule has 0 unspecified atom stereocenters. The molecule has 1 heterocycles. The molecule has 1 saturated heterocycles.